The topological polar surface area (TPSA) is 36.9 Å². The monoisotopic (exact) mass is 296 g/mol. The van der Waals surface area contributed by atoms with Crippen LogP contribution in [0, 0.1) is 0 Å². The molecular formula is C15H24O4Si. The summed E-state index contributed by atoms with van der Waals surface area (Å²) in [6.07, 6.45) is 1.81. The summed E-state index contributed by atoms with van der Waals surface area (Å²) in [5, 5.41) is 0. The second-order valence-corrected chi connectivity index (χ2v) is 6.15. The van der Waals surface area contributed by atoms with Gasteiger partial charge < -0.3 is 17.7 Å². The van der Waals surface area contributed by atoms with E-state index >= 15 is 0 Å². The van der Waals surface area contributed by atoms with Gasteiger partial charge in [0.25, 0.3) is 0 Å². The second-order valence-electron chi connectivity index (χ2n) is 3.99. The summed E-state index contributed by atoms with van der Waals surface area (Å²) in [5.74, 6) is 0. The van der Waals surface area contributed by atoms with Crippen molar-refractivity contribution >= 4 is 15.1 Å². The molecule has 5 heteroatoms. The molecule has 0 aromatic heterocycles. The van der Waals surface area contributed by atoms with Crippen LogP contribution >= 0.6 is 0 Å². The lowest BCUT2D eigenvalue weighted by Crippen LogP contribution is -2.49. The van der Waals surface area contributed by atoms with Gasteiger partial charge in [-0.2, -0.15) is 0 Å². The Hall–Kier alpha value is -0.983. The van der Waals surface area contributed by atoms with Crippen molar-refractivity contribution in [2.24, 2.45) is 0 Å². The minimum absolute atomic E-state index is 0.383. The Morgan fingerprint density at radius 1 is 0.950 bits per heavy atom. The Kier molecular flexibility index (Phi) is 7.72. The molecule has 0 amide bonds. The van der Waals surface area contributed by atoms with Crippen molar-refractivity contribution in [1.82, 2.24) is 0 Å². The molecule has 0 unspecified atom stereocenters. The van der Waals surface area contributed by atoms with Crippen LogP contribution in [0.1, 0.15) is 31.9 Å². The molecule has 4 nitrogen and oxygen atoms in total. The van der Waals surface area contributed by atoms with Gasteiger partial charge in [0.1, 0.15) is 0 Å². The predicted molar refractivity (Wildman–Crippen MR) is 82.0 cm³/mol. The van der Waals surface area contributed by atoms with Gasteiger partial charge in [-0.15, -0.1) is 0 Å². The van der Waals surface area contributed by atoms with Gasteiger partial charge in [0.2, 0.25) is 0 Å². The van der Waals surface area contributed by atoms with Gasteiger partial charge in [-0.05, 0) is 31.9 Å². The van der Waals surface area contributed by atoms with Crippen LogP contribution < -0.4 is 0 Å². The number of hydrogen-bond acceptors (Lipinski definition) is 4. The molecule has 0 atom stereocenters. The van der Waals surface area contributed by atoms with Crippen LogP contribution in [-0.4, -0.2) is 28.9 Å². The van der Waals surface area contributed by atoms with Gasteiger partial charge in [-0.3, -0.25) is 0 Å². The van der Waals surface area contributed by atoms with Crippen molar-refractivity contribution < 1.29 is 17.7 Å². The van der Waals surface area contributed by atoms with E-state index in [2.05, 4.69) is 6.58 Å². The molecule has 1 aromatic carbocycles. The van der Waals surface area contributed by atoms with Crippen molar-refractivity contribution in [2.45, 2.75) is 27.4 Å². The van der Waals surface area contributed by atoms with Gasteiger partial charge in [0.05, 0.1) is 6.61 Å². The van der Waals surface area contributed by atoms with Crippen LogP contribution in [-0.2, 0) is 24.3 Å². The zero-order valence-electron chi connectivity index (χ0n) is 12.6. The summed E-state index contributed by atoms with van der Waals surface area (Å²) in [5.41, 5.74) is 2.08. The zero-order valence-corrected chi connectivity index (χ0v) is 13.6. The molecule has 0 spiro atoms. The third-order valence-electron chi connectivity index (χ3n) is 2.64. The molecule has 1 rings (SSSR count). The fourth-order valence-corrected chi connectivity index (χ4v) is 3.70. The lowest BCUT2D eigenvalue weighted by Gasteiger charge is -2.27. The summed E-state index contributed by atoms with van der Waals surface area (Å²) < 4.78 is 22.9. The van der Waals surface area contributed by atoms with Crippen molar-refractivity contribution in [3.05, 3.63) is 42.0 Å². The van der Waals surface area contributed by atoms with Gasteiger partial charge in [0.15, 0.2) is 0 Å². The first-order valence-corrected chi connectivity index (χ1v) is 8.60. The number of benzene rings is 1. The maximum atomic E-state index is 5.90. The number of rotatable bonds is 10. The molecule has 0 saturated heterocycles. The van der Waals surface area contributed by atoms with Crippen molar-refractivity contribution in [2.75, 3.05) is 19.8 Å². The molecule has 0 heterocycles. The third-order valence-corrected chi connectivity index (χ3v) is 5.07. The van der Waals surface area contributed by atoms with E-state index < -0.39 is 9.05 Å². The van der Waals surface area contributed by atoms with Crippen LogP contribution in [0.3, 0.4) is 0 Å². The quantitative estimate of drug-likeness (QED) is 0.620. The molecule has 0 aliphatic carbocycles. The third kappa shape index (κ3) is 4.85. The Labute approximate surface area is 122 Å². The van der Waals surface area contributed by atoms with Crippen LogP contribution in [0.2, 0.25) is 0 Å². The first kappa shape index (κ1) is 17.1. The van der Waals surface area contributed by atoms with Crippen molar-refractivity contribution in [3.63, 3.8) is 0 Å². The van der Waals surface area contributed by atoms with E-state index in [1.807, 2.05) is 51.1 Å². The summed E-state index contributed by atoms with van der Waals surface area (Å²) in [6, 6.07) is 7.94. The van der Waals surface area contributed by atoms with E-state index in [4.69, 9.17) is 17.7 Å². The summed E-state index contributed by atoms with van der Waals surface area (Å²) in [7, 11) is -3.05. The highest BCUT2D eigenvalue weighted by Gasteiger charge is 2.44. The molecule has 112 valence electrons. The SMILES string of the molecule is C=Cc1ccccc1CO[Si](OCC)(OCC)OCC. The Morgan fingerprint density at radius 2 is 1.50 bits per heavy atom. The molecule has 0 fully saturated rings. The van der Waals surface area contributed by atoms with E-state index in [1.54, 1.807) is 0 Å². The van der Waals surface area contributed by atoms with E-state index in [0.29, 0.717) is 26.4 Å². The zero-order chi connectivity index (χ0) is 14.8. The lowest BCUT2D eigenvalue weighted by atomic mass is 10.1. The maximum Gasteiger partial charge on any atom is 0.679 e. The summed E-state index contributed by atoms with van der Waals surface area (Å²) in [6.45, 7) is 11.4. The average molecular weight is 296 g/mol. The highest BCUT2D eigenvalue weighted by molar-refractivity contribution is 6.53. The normalized spacial score (nSPS) is 11.6. The van der Waals surface area contributed by atoms with Crippen LogP contribution in [0.4, 0.5) is 0 Å². The van der Waals surface area contributed by atoms with E-state index in [9.17, 15) is 0 Å². The molecular weight excluding hydrogens is 272 g/mol. The minimum atomic E-state index is -3.05. The molecule has 0 bridgehead atoms. The molecule has 0 aliphatic rings. The summed E-state index contributed by atoms with van der Waals surface area (Å²) >= 11 is 0. The second kappa shape index (κ2) is 9.04. The molecule has 0 saturated carbocycles. The van der Waals surface area contributed by atoms with Crippen molar-refractivity contribution in [1.29, 1.82) is 0 Å². The fraction of sp³-hybridized carbons (Fsp3) is 0.467. The van der Waals surface area contributed by atoms with E-state index in [-0.39, 0.29) is 0 Å². The van der Waals surface area contributed by atoms with Crippen LogP contribution in [0.15, 0.2) is 30.8 Å². The minimum Gasteiger partial charge on any atom is -0.351 e. The predicted octanol–water partition coefficient (Wildman–Crippen LogP) is 3.39. The van der Waals surface area contributed by atoms with Gasteiger partial charge in [0, 0.05) is 19.8 Å². The van der Waals surface area contributed by atoms with Gasteiger partial charge in [-0.1, -0.05) is 36.9 Å². The van der Waals surface area contributed by atoms with Gasteiger partial charge >= 0.3 is 9.05 Å². The lowest BCUT2D eigenvalue weighted by molar-refractivity contribution is -0.0319. The molecule has 0 aliphatic heterocycles. The smallest absolute Gasteiger partial charge is 0.351 e. The fourth-order valence-electron chi connectivity index (χ4n) is 1.81. The maximum absolute atomic E-state index is 5.90. The largest absolute Gasteiger partial charge is 0.679 e. The molecule has 0 N–H and O–H groups in total. The first-order valence-electron chi connectivity index (χ1n) is 6.97. The molecule has 0 radical (unpaired) electrons. The molecule has 20 heavy (non-hydrogen) atoms. The highest BCUT2D eigenvalue weighted by atomic mass is 28.4. The Bertz CT molecular complexity index is 392. The van der Waals surface area contributed by atoms with Gasteiger partial charge in [-0.25, -0.2) is 0 Å². The van der Waals surface area contributed by atoms with E-state index in [1.165, 1.54) is 0 Å². The molecule has 1 aromatic rings. The first-order chi connectivity index (χ1) is 9.71. The van der Waals surface area contributed by atoms with E-state index in [0.717, 1.165) is 11.1 Å². The van der Waals surface area contributed by atoms with Crippen LogP contribution in [0.25, 0.3) is 6.08 Å². The van der Waals surface area contributed by atoms with Crippen molar-refractivity contribution in [3.8, 4) is 0 Å². The Balaban J connectivity index is 2.81. The highest BCUT2D eigenvalue weighted by Crippen LogP contribution is 2.17. The Morgan fingerprint density at radius 3 is 2.00 bits per heavy atom. The standard InChI is InChI=1S/C15H24O4Si/c1-5-14-11-9-10-12-15(14)13-19-20(16-6-2,17-7-3)18-8-4/h5,9-12H,1,6-8,13H2,2-4H3. The summed E-state index contributed by atoms with van der Waals surface area (Å²) in [4.78, 5) is 0. The van der Waals surface area contributed by atoms with Crippen LogP contribution in [0.5, 0.6) is 0 Å². The number of hydrogen-bond donors (Lipinski definition) is 0. The average Bonchev–Trinajstić information content (AvgIpc) is 2.46.